The Morgan fingerprint density at radius 2 is 2.00 bits per heavy atom. The molecule has 2 aromatic carbocycles. The van der Waals surface area contributed by atoms with E-state index in [1.165, 1.54) is 11.8 Å². The van der Waals surface area contributed by atoms with Gasteiger partial charge in [-0.3, -0.25) is 4.98 Å². The Labute approximate surface area is 255 Å². The minimum Gasteiger partial charge on any atom is -0.472 e. The lowest BCUT2D eigenvalue weighted by molar-refractivity contribution is 0.102. The number of rotatable bonds is 7. The van der Waals surface area contributed by atoms with Gasteiger partial charge in [0.05, 0.1) is 35.0 Å². The highest BCUT2D eigenvalue weighted by atomic mass is 127. The highest BCUT2D eigenvalue weighted by Crippen LogP contribution is 2.56. The number of hydrogen-bond acceptors (Lipinski definition) is 7. The summed E-state index contributed by atoms with van der Waals surface area (Å²) in [5.41, 5.74) is 6.02. The van der Waals surface area contributed by atoms with Crippen LogP contribution >= 0.6 is 51.8 Å². The van der Waals surface area contributed by atoms with Crippen LogP contribution in [-0.2, 0) is 12.2 Å². The van der Waals surface area contributed by atoms with Crippen LogP contribution in [-0.4, -0.2) is 35.9 Å². The summed E-state index contributed by atoms with van der Waals surface area (Å²) in [5, 5.41) is 19.1. The van der Waals surface area contributed by atoms with Crippen molar-refractivity contribution in [2.75, 3.05) is 6.26 Å². The minimum absolute atomic E-state index is 0.352. The molecule has 0 radical (unpaired) electrons. The molecule has 0 aliphatic heterocycles. The Morgan fingerprint density at radius 3 is 2.73 bits per heavy atom. The average molecular weight is 700 g/mol. The van der Waals surface area contributed by atoms with Crippen molar-refractivity contribution in [3.8, 4) is 28.3 Å². The number of aromatic nitrogens is 5. The summed E-state index contributed by atoms with van der Waals surface area (Å²) in [6.45, 7) is 2.14. The van der Waals surface area contributed by atoms with Crippen LogP contribution in [0.1, 0.15) is 48.1 Å². The maximum Gasteiger partial charge on any atom is 0.226 e. The molecule has 0 bridgehead atoms. The van der Waals surface area contributed by atoms with E-state index < -0.39 is 5.60 Å². The highest BCUT2D eigenvalue weighted by Gasteiger charge is 2.46. The molecular formula is C29H24ClIN5O2PS. The maximum absolute atomic E-state index is 12.3. The number of hydrogen-bond donors (Lipinski definition) is 1. The van der Waals surface area contributed by atoms with E-state index in [4.69, 9.17) is 31.3 Å². The summed E-state index contributed by atoms with van der Waals surface area (Å²) in [7, 11) is 0. The number of aliphatic hydroxyl groups is 1. The largest absolute Gasteiger partial charge is 0.472 e. The van der Waals surface area contributed by atoms with Crippen LogP contribution in [0.15, 0.2) is 60.0 Å². The molecule has 11 heteroatoms. The maximum atomic E-state index is 12.3. The van der Waals surface area contributed by atoms with Gasteiger partial charge in [-0.05, 0) is 82.8 Å². The number of benzene rings is 2. The van der Waals surface area contributed by atoms with Crippen molar-refractivity contribution in [3.63, 3.8) is 0 Å². The van der Waals surface area contributed by atoms with Gasteiger partial charge in [-0.1, -0.05) is 53.7 Å². The quantitative estimate of drug-likeness (QED) is 0.0805. The number of ether oxygens (including phenoxy) is 1. The van der Waals surface area contributed by atoms with Gasteiger partial charge in [-0.15, -0.1) is 0 Å². The molecule has 2 aliphatic rings. The van der Waals surface area contributed by atoms with E-state index in [2.05, 4.69) is 27.1 Å². The summed E-state index contributed by atoms with van der Waals surface area (Å²) >= 11 is 10.7. The zero-order valence-electron chi connectivity index (χ0n) is 21.7. The van der Waals surface area contributed by atoms with E-state index in [0.29, 0.717) is 57.5 Å². The molecule has 7 rings (SSSR count). The molecule has 7 nitrogen and oxygen atoms in total. The summed E-state index contributed by atoms with van der Waals surface area (Å²) in [5.74, 6) is 0.809. The van der Waals surface area contributed by atoms with Gasteiger partial charge in [0.25, 0.3) is 0 Å². The molecular weight excluding hydrogens is 676 g/mol. The van der Waals surface area contributed by atoms with Crippen LogP contribution in [0.5, 0.6) is 5.88 Å². The first-order valence-electron chi connectivity index (χ1n) is 12.8. The van der Waals surface area contributed by atoms with Crippen molar-refractivity contribution in [2.45, 2.75) is 43.0 Å². The Hall–Kier alpha value is -2.30. The van der Waals surface area contributed by atoms with Gasteiger partial charge in [0.1, 0.15) is 12.2 Å². The lowest BCUT2D eigenvalue weighted by Gasteiger charge is -2.23. The predicted molar refractivity (Wildman–Crippen MR) is 170 cm³/mol. The Morgan fingerprint density at radius 1 is 1.20 bits per heavy atom. The number of thioether (sulfide) groups is 1. The number of pyridine rings is 1. The highest BCUT2D eigenvalue weighted by molar-refractivity contribution is 14.2. The molecule has 1 N–H and O–H groups in total. The van der Waals surface area contributed by atoms with Gasteiger partial charge >= 0.3 is 0 Å². The van der Waals surface area contributed by atoms with Crippen molar-refractivity contribution in [2.24, 2.45) is 0 Å². The lowest BCUT2D eigenvalue weighted by Crippen LogP contribution is -2.23. The van der Waals surface area contributed by atoms with E-state index in [1.807, 2.05) is 59.4 Å². The summed E-state index contributed by atoms with van der Waals surface area (Å²) in [4.78, 5) is 14.5. The molecule has 0 spiro atoms. The third-order valence-electron chi connectivity index (χ3n) is 7.59. The molecule has 3 heterocycles. The normalized spacial score (nSPS) is 18.0. The molecule has 1 saturated carbocycles. The second-order valence-electron chi connectivity index (χ2n) is 10.2. The number of halogens is 2. The van der Waals surface area contributed by atoms with Crippen LogP contribution in [0.4, 0.5) is 0 Å². The van der Waals surface area contributed by atoms with Crippen LogP contribution in [0.25, 0.3) is 33.3 Å². The van der Waals surface area contributed by atoms with Gasteiger partial charge in [-0.2, -0.15) is 10.1 Å². The van der Waals surface area contributed by atoms with Crippen molar-refractivity contribution >= 4 is 62.7 Å². The molecule has 2 aliphatic carbocycles. The monoisotopic (exact) mass is 699 g/mol. The van der Waals surface area contributed by atoms with Gasteiger partial charge in [0.2, 0.25) is 5.88 Å². The van der Waals surface area contributed by atoms with E-state index in [-0.39, 0.29) is 0 Å². The van der Waals surface area contributed by atoms with E-state index in [9.17, 15) is 5.11 Å². The predicted octanol–water partition coefficient (Wildman–Crippen LogP) is 7.75. The summed E-state index contributed by atoms with van der Waals surface area (Å²) < 4.78 is 8.28. The second kappa shape index (κ2) is 10.2. The first kappa shape index (κ1) is 26.6. The van der Waals surface area contributed by atoms with Crippen LogP contribution in [0.2, 0.25) is 5.02 Å². The van der Waals surface area contributed by atoms with E-state index in [1.54, 1.807) is 13.1 Å². The average Bonchev–Trinajstić information content (AvgIpc) is 3.68. The third kappa shape index (κ3) is 4.24. The zero-order valence-corrected chi connectivity index (χ0v) is 26.4. The fourth-order valence-electron chi connectivity index (χ4n) is 5.65. The zero-order chi connectivity index (χ0) is 27.6. The topological polar surface area (TPSA) is 86.0 Å². The Kier molecular flexibility index (Phi) is 6.78. The molecule has 40 heavy (non-hydrogen) atoms. The first-order valence-corrected chi connectivity index (χ1v) is 18.5. The molecule has 0 saturated heterocycles. The van der Waals surface area contributed by atoms with Crippen molar-refractivity contribution in [1.82, 2.24) is 24.5 Å². The van der Waals surface area contributed by atoms with Crippen molar-refractivity contribution in [3.05, 3.63) is 82.3 Å². The Bertz CT molecular complexity index is 1800. The smallest absolute Gasteiger partial charge is 0.226 e. The Balaban J connectivity index is 1.47. The molecule has 0 amide bonds. The van der Waals surface area contributed by atoms with Crippen molar-refractivity contribution in [1.29, 1.82) is 0 Å². The summed E-state index contributed by atoms with van der Waals surface area (Å²) in [6.07, 6.45) is 8.19. The van der Waals surface area contributed by atoms with Crippen LogP contribution < -0.4 is 4.74 Å². The lowest BCUT2D eigenvalue weighted by atomic mass is 9.88. The molecule has 5 aromatic rings. The number of nitrogens with zero attached hydrogens (tertiary/aromatic N) is 5. The number of fused-ring (bicyclic) bond motifs is 4. The van der Waals surface area contributed by atoms with Gasteiger partial charge in [0.15, 0.2) is 5.16 Å². The fraction of sp³-hybridized carbons (Fsp3) is 0.241. The molecule has 3 aromatic heterocycles. The van der Waals surface area contributed by atoms with Gasteiger partial charge in [0, 0.05) is 27.7 Å². The van der Waals surface area contributed by atoms with E-state index in [0.717, 1.165) is 46.0 Å². The first-order chi connectivity index (χ1) is 19.4. The minimum atomic E-state index is -1.43. The fourth-order valence-corrected chi connectivity index (χ4v) is 7.89. The van der Waals surface area contributed by atoms with Gasteiger partial charge < -0.3 is 9.84 Å². The van der Waals surface area contributed by atoms with Crippen molar-refractivity contribution < 1.29 is 9.84 Å². The van der Waals surface area contributed by atoms with E-state index >= 15 is 0 Å². The van der Waals surface area contributed by atoms with Crippen LogP contribution in [0.3, 0.4) is 0 Å². The summed E-state index contributed by atoms with van der Waals surface area (Å²) in [6, 6.07) is 13.9. The molecule has 1 fully saturated rings. The van der Waals surface area contributed by atoms with Crippen LogP contribution in [0, 0.1) is 0 Å². The molecule has 2 atom stereocenters. The molecule has 2 unspecified atom stereocenters. The van der Waals surface area contributed by atoms with Gasteiger partial charge in [-0.25, -0.2) is 9.44 Å². The molecule has 202 valence electrons. The standard InChI is InChI=1S/C29H24ClIN5O2PS/c1-29(37)24-17(23-26(29)34-28(40-2)35-27(23)38-14-15-6-4-3-5-7-15)10-11-32-25(24)22-18-13-33-36(39-31)20(18)12-19(30)21(22)16-8-9-16/h3-7,10-13,16,37,39H,8-9,14H2,1-2H3. The SMILES string of the molecule is CSc1nc(OCc2ccccc2)c2c(n1)C(C)(O)c1c-2ccnc1-c1c(C2CC2)c(Cl)cc2c1cnn2PI. The second-order valence-corrected chi connectivity index (χ2v) is 13.4. The third-order valence-corrected chi connectivity index (χ3v) is 10.3.